The molecule has 4 heteroatoms. The van der Waals surface area contributed by atoms with Crippen molar-refractivity contribution in [2.75, 3.05) is 11.5 Å². The molecule has 0 spiro atoms. The molecular formula is C13H19NO2S. The van der Waals surface area contributed by atoms with Crippen LogP contribution in [0.4, 0.5) is 0 Å². The van der Waals surface area contributed by atoms with Crippen LogP contribution in [0, 0.1) is 0 Å². The van der Waals surface area contributed by atoms with E-state index in [1.165, 1.54) is 0 Å². The third kappa shape index (κ3) is 5.75. The second kappa shape index (κ2) is 8.14. The smallest absolute Gasteiger partial charge is 0.320 e. The highest BCUT2D eigenvalue weighted by Crippen LogP contribution is 2.06. The number of carboxylic acids is 1. The van der Waals surface area contributed by atoms with Crippen LogP contribution in [0.1, 0.15) is 18.9 Å². The Morgan fingerprint density at radius 3 is 2.71 bits per heavy atom. The van der Waals surface area contributed by atoms with Crippen molar-refractivity contribution in [3.63, 3.8) is 0 Å². The molecule has 1 atom stereocenters. The third-order valence-electron chi connectivity index (χ3n) is 2.45. The summed E-state index contributed by atoms with van der Waals surface area (Å²) in [7, 11) is 0. The minimum Gasteiger partial charge on any atom is -0.480 e. The van der Waals surface area contributed by atoms with E-state index in [2.05, 4.69) is 12.2 Å². The van der Waals surface area contributed by atoms with Crippen LogP contribution in [0.2, 0.25) is 0 Å². The fourth-order valence-electron chi connectivity index (χ4n) is 1.50. The zero-order valence-electron chi connectivity index (χ0n) is 10.1. The maximum absolute atomic E-state index is 11.0. The van der Waals surface area contributed by atoms with Crippen molar-refractivity contribution in [3.8, 4) is 0 Å². The molecule has 0 radical (unpaired) electrons. The van der Waals surface area contributed by atoms with Gasteiger partial charge in [-0.2, -0.15) is 11.8 Å². The molecule has 0 aromatic heterocycles. The Morgan fingerprint density at radius 1 is 1.41 bits per heavy atom. The molecule has 1 rings (SSSR count). The maximum atomic E-state index is 11.0. The molecule has 17 heavy (non-hydrogen) atoms. The molecule has 94 valence electrons. The molecule has 0 aliphatic heterocycles. The number of hydrogen-bond acceptors (Lipinski definition) is 3. The van der Waals surface area contributed by atoms with Gasteiger partial charge >= 0.3 is 5.97 Å². The van der Waals surface area contributed by atoms with Crippen molar-refractivity contribution < 1.29 is 9.90 Å². The van der Waals surface area contributed by atoms with Crippen LogP contribution < -0.4 is 5.32 Å². The van der Waals surface area contributed by atoms with Crippen LogP contribution in [-0.4, -0.2) is 28.6 Å². The Kier molecular flexibility index (Phi) is 6.74. The zero-order chi connectivity index (χ0) is 12.5. The quantitative estimate of drug-likeness (QED) is 0.698. The van der Waals surface area contributed by atoms with Gasteiger partial charge in [-0.1, -0.05) is 37.3 Å². The second-order valence-electron chi connectivity index (χ2n) is 3.74. The molecule has 1 unspecified atom stereocenters. The van der Waals surface area contributed by atoms with E-state index < -0.39 is 12.0 Å². The van der Waals surface area contributed by atoms with Gasteiger partial charge in [0.15, 0.2) is 0 Å². The number of benzene rings is 1. The minimum atomic E-state index is -0.766. The van der Waals surface area contributed by atoms with Crippen LogP contribution in [-0.2, 0) is 11.3 Å². The van der Waals surface area contributed by atoms with E-state index in [0.29, 0.717) is 13.0 Å². The zero-order valence-corrected chi connectivity index (χ0v) is 10.9. The highest BCUT2D eigenvalue weighted by Gasteiger charge is 2.15. The monoisotopic (exact) mass is 253 g/mol. The van der Waals surface area contributed by atoms with Crippen molar-refractivity contribution in [2.24, 2.45) is 0 Å². The summed E-state index contributed by atoms with van der Waals surface area (Å²) < 4.78 is 0. The van der Waals surface area contributed by atoms with Gasteiger partial charge in [0.25, 0.3) is 0 Å². The van der Waals surface area contributed by atoms with Crippen molar-refractivity contribution >= 4 is 17.7 Å². The van der Waals surface area contributed by atoms with Gasteiger partial charge < -0.3 is 10.4 Å². The lowest BCUT2D eigenvalue weighted by molar-refractivity contribution is -0.139. The van der Waals surface area contributed by atoms with Crippen molar-refractivity contribution in [1.29, 1.82) is 0 Å². The average molecular weight is 253 g/mol. The number of rotatable bonds is 8. The summed E-state index contributed by atoms with van der Waals surface area (Å²) in [6, 6.07) is 9.41. The lowest BCUT2D eigenvalue weighted by Crippen LogP contribution is -2.36. The van der Waals surface area contributed by atoms with Gasteiger partial charge in [0.05, 0.1) is 0 Å². The van der Waals surface area contributed by atoms with Gasteiger partial charge in [-0.05, 0) is 23.5 Å². The lowest BCUT2D eigenvalue weighted by Gasteiger charge is -2.14. The first-order valence-electron chi connectivity index (χ1n) is 5.82. The number of hydrogen-bond donors (Lipinski definition) is 2. The molecule has 0 saturated heterocycles. The number of thioether (sulfide) groups is 1. The minimum absolute atomic E-state index is 0.450. The third-order valence-corrected chi connectivity index (χ3v) is 3.38. The highest BCUT2D eigenvalue weighted by atomic mass is 32.2. The molecule has 3 nitrogen and oxygen atoms in total. The fourth-order valence-corrected chi connectivity index (χ4v) is 2.19. The first-order valence-corrected chi connectivity index (χ1v) is 6.97. The summed E-state index contributed by atoms with van der Waals surface area (Å²) in [4.78, 5) is 11.0. The molecular weight excluding hydrogens is 234 g/mol. The molecule has 0 saturated carbocycles. The number of nitrogens with one attached hydrogen (secondary N) is 1. The van der Waals surface area contributed by atoms with Gasteiger partial charge in [-0.3, -0.25) is 4.79 Å². The second-order valence-corrected chi connectivity index (χ2v) is 5.14. The van der Waals surface area contributed by atoms with Crippen LogP contribution in [0.5, 0.6) is 0 Å². The van der Waals surface area contributed by atoms with E-state index in [1.54, 1.807) is 11.8 Å². The van der Waals surface area contributed by atoms with Gasteiger partial charge in [0.1, 0.15) is 6.04 Å². The standard InChI is InChI=1S/C13H19NO2S/c1-2-17-9-8-12(13(15)16)14-10-11-6-4-3-5-7-11/h3-7,12,14H,2,8-10H2,1H3,(H,15,16). The van der Waals surface area contributed by atoms with Crippen LogP contribution >= 0.6 is 11.8 Å². The highest BCUT2D eigenvalue weighted by molar-refractivity contribution is 7.99. The largest absolute Gasteiger partial charge is 0.480 e. The topological polar surface area (TPSA) is 49.3 Å². The first-order chi connectivity index (χ1) is 8.24. The summed E-state index contributed by atoms with van der Waals surface area (Å²) in [5.41, 5.74) is 1.11. The SMILES string of the molecule is CCSCCC(NCc1ccccc1)C(=O)O. The van der Waals surface area contributed by atoms with Crippen LogP contribution in [0.25, 0.3) is 0 Å². The van der Waals surface area contributed by atoms with E-state index in [-0.39, 0.29) is 0 Å². The van der Waals surface area contributed by atoms with Crippen molar-refractivity contribution in [3.05, 3.63) is 35.9 Å². The van der Waals surface area contributed by atoms with E-state index in [4.69, 9.17) is 5.11 Å². The molecule has 1 aromatic rings. The van der Waals surface area contributed by atoms with E-state index in [1.807, 2.05) is 30.3 Å². The number of carbonyl (C=O) groups is 1. The molecule has 0 heterocycles. The predicted molar refractivity (Wildman–Crippen MR) is 72.3 cm³/mol. The molecule has 1 aromatic carbocycles. The molecule has 0 bridgehead atoms. The predicted octanol–water partition coefficient (Wildman–Crippen LogP) is 2.37. The van der Waals surface area contributed by atoms with E-state index >= 15 is 0 Å². The average Bonchev–Trinajstić information content (AvgIpc) is 2.34. The maximum Gasteiger partial charge on any atom is 0.320 e. The molecule has 0 amide bonds. The van der Waals surface area contributed by atoms with Gasteiger partial charge in [0.2, 0.25) is 0 Å². The summed E-state index contributed by atoms with van der Waals surface area (Å²) in [5.74, 6) is 1.15. The molecule has 2 N–H and O–H groups in total. The van der Waals surface area contributed by atoms with E-state index in [9.17, 15) is 4.79 Å². The first kappa shape index (κ1) is 14.1. The van der Waals surface area contributed by atoms with Crippen LogP contribution in [0.3, 0.4) is 0 Å². The molecule has 0 aliphatic carbocycles. The Morgan fingerprint density at radius 2 is 2.12 bits per heavy atom. The molecule has 0 aliphatic rings. The Hall–Kier alpha value is -1.00. The summed E-state index contributed by atoms with van der Waals surface area (Å²) >= 11 is 1.77. The fraction of sp³-hybridized carbons (Fsp3) is 0.462. The Bertz CT molecular complexity index is 329. The Balaban J connectivity index is 2.36. The summed E-state index contributed by atoms with van der Waals surface area (Å²) in [5, 5.41) is 12.2. The van der Waals surface area contributed by atoms with Crippen molar-refractivity contribution in [1.82, 2.24) is 5.32 Å². The Labute approximate surface area is 107 Å². The van der Waals surface area contributed by atoms with Gasteiger partial charge in [-0.15, -0.1) is 0 Å². The van der Waals surface area contributed by atoms with E-state index in [0.717, 1.165) is 17.1 Å². The van der Waals surface area contributed by atoms with Gasteiger partial charge in [-0.25, -0.2) is 0 Å². The van der Waals surface area contributed by atoms with Crippen molar-refractivity contribution in [2.45, 2.75) is 25.9 Å². The number of carboxylic acid groups (broad SMARTS) is 1. The summed E-state index contributed by atoms with van der Waals surface area (Å²) in [6.07, 6.45) is 0.667. The van der Waals surface area contributed by atoms with Crippen LogP contribution in [0.15, 0.2) is 30.3 Å². The summed E-state index contributed by atoms with van der Waals surface area (Å²) in [6.45, 7) is 2.69. The molecule has 0 fully saturated rings. The normalized spacial score (nSPS) is 12.3. The van der Waals surface area contributed by atoms with Gasteiger partial charge in [0, 0.05) is 6.54 Å². The number of aliphatic carboxylic acids is 1. The lowest BCUT2D eigenvalue weighted by atomic mass is 10.2.